The van der Waals surface area contributed by atoms with Crippen molar-refractivity contribution in [2.24, 2.45) is 5.92 Å². The van der Waals surface area contributed by atoms with E-state index in [2.05, 4.69) is 21.2 Å². The van der Waals surface area contributed by atoms with Crippen molar-refractivity contribution < 1.29 is 17.9 Å². The zero-order valence-electron chi connectivity index (χ0n) is 18.4. The number of nitrogens with one attached hydrogen (secondary N) is 1. The molecule has 1 amide bonds. The Bertz CT molecular complexity index is 1050. The largest absolute Gasteiger partial charge is 0.494 e. The normalized spacial score (nSPS) is 15.6. The van der Waals surface area contributed by atoms with E-state index in [1.54, 1.807) is 18.2 Å². The van der Waals surface area contributed by atoms with Gasteiger partial charge in [0, 0.05) is 29.2 Å². The molecule has 1 aliphatic heterocycles. The third-order valence-electron chi connectivity index (χ3n) is 5.65. The van der Waals surface area contributed by atoms with Crippen LogP contribution >= 0.6 is 15.9 Å². The lowest BCUT2D eigenvalue weighted by atomic mass is 9.96. The minimum atomic E-state index is -3.60. The number of anilines is 1. The van der Waals surface area contributed by atoms with Crippen LogP contribution in [0.3, 0.4) is 0 Å². The smallest absolute Gasteiger partial charge is 0.243 e. The monoisotopic (exact) mass is 508 g/mol. The summed E-state index contributed by atoms with van der Waals surface area (Å²) in [4.78, 5) is 13.1. The van der Waals surface area contributed by atoms with Crippen molar-refractivity contribution >= 4 is 37.5 Å². The second-order valence-corrected chi connectivity index (χ2v) is 10.8. The average Bonchev–Trinajstić information content (AvgIpc) is 2.72. The van der Waals surface area contributed by atoms with Crippen LogP contribution in [-0.2, 0) is 14.8 Å². The van der Waals surface area contributed by atoms with E-state index in [-0.39, 0.29) is 16.7 Å². The number of carbonyl (C=O) groups is 1. The lowest BCUT2D eigenvalue weighted by Gasteiger charge is -2.31. The summed E-state index contributed by atoms with van der Waals surface area (Å²) in [6.07, 6.45) is 0.991. The molecule has 1 N–H and O–H groups in total. The molecule has 0 atom stereocenters. The molecular weight excluding hydrogens is 480 g/mol. The minimum Gasteiger partial charge on any atom is -0.494 e. The summed E-state index contributed by atoms with van der Waals surface area (Å²) >= 11 is 3.47. The van der Waals surface area contributed by atoms with E-state index in [1.807, 2.05) is 39.8 Å². The first-order valence-corrected chi connectivity index (χ1v) is 12.7. The lowest BCUT2D eigenvalue weighted by molar-refractivity contribution is -0.120. The van der Waals surface area contributed by atoms with E-state index in [1.165, 1.54) is 4.31 Å². The van der Waals surface area contributed by atoms with Gasteiger partial charge in [-0.1, -0.05) is 15.9 Å². The van der Waals surface area contributed by atoms with E-state index in [0.29, 0.717) is 38.3 Å². The summed E-state index contributed by atoms with van der Waals surface area (Å²) in [6.45, 7) is 8.83. The number of hydrogen-bond acceptors (Lipinski definition) is 4. The Kier molecular flexibility index (Phi) is 7.44. The fourth-order valence-corrected chi connectivity index (χ4v) is 6.18. The third kappa shape index (κ3) is 5.30. The highest BCUT2D eigenvalue weighted by molar-refractivity contribution is 9.10. The van der Waals surface area contributed by atoms with Gasteiger partial charge in [0.05, 0.1) is 11.5 Å². The molecule has 0 unspecified atom stereocenters. The van der Waals surface area contributed by atoms with Gasteiger partial charge in [-0.25, -0.2) is 8.42 Å². The number of piperidine rings is 1. The molecule has 6 nitrogen and oxygen atoms in total. The first kappa shape index (κ1) is 23.8. The quantitative estimate of drug-likeness (QED) is 0.607. The van der Waals surface area contributed by atoms with Crippen LogP contribution in [0.4, 0.5) is 5.69 Å². The number of benzene rings is 2. The van der Waals surface area contributed by atoms with Crippen molar-refractivity contribution in [2.45, 2.75) is 45.4 Å². The molecule has 1 heterocycles. The summed E-state index contributed by atoms with van der Waals surface area (Å²) in [7, 11) is -3.60. The fraction of sp³-hybridized carbons (Fsp3) is 0.435. The predicted octanol–water partition coefficient (Wildman–Crippen LogP) is 4.81. The van der Waals surface area contributed by atoms with E-state index >= 15 is 0 Å². The maximum absolute atomic E-state index is 13.1. The number of halogens is 1. The van der Waals surface area contributed by atoms with Gasteiger partial charge in [0.15, 0.2) is 0 Å². The molecule has 0 aliphatic carbocycles. The molecule has 31 heavy (non-hydrogen) atoms. The van der Waals surface area contributed by atoms with Crippen molar-refractivity contribution in [3.63, 3.8) is 0 Å². The number of sulfonamides is 1. The highest BCUT2D eigenvalue weighted by Crippen LogP contribution is 2.29. The molecule has 168 valence electrons. The van der Waals surface area contributed by atoms with Crippen LogP contribution < -0.4 is 10.1 Å². The SMILES string of the molecule is CCOc1ccc(S(=O)(=O)N2CCC(C(=O)Nc3c(C)cc(Br)cc3C)CC2)cc1C. The average molecular weight is 509 g/mol. The zero-order chi connectivity index (χ0) is 22.8. The molecule has 0 radical (unpaired) electrons. The molecule has 1 saturated heterocycles. The van der Waals surface area contributed by atoms with Crippen LogP contribution in [-0.4, -0.2) is 38.3 Å². The maximum atomic E-state index is 13.1. The van der Waals surface area contributed by atoms with Crippen molar-refractivity contribution in [3.8, 4) is 5.75 Å². The number of rotatable bonds is 6. The van der Waals surface area contributed by atoms with Gasteiger partial charge >= 0.3 is 0 Å². The molecule has 0 aromatic heterocycles. The van der Waals surface area contributed by atoms with Gasteiger partial charge in [-0.15, -0.1) is 0 Å². The molecule has 3 rings (SSSR count). The standard InChI is InChI=1S/C23H29BrN2O4S/c1-5-30-21-7-6-20(14-15(21)2)31(28,29)26-10-8-18(9-11-26)23(27)25-22-16(3)12-19(24)13-17(22)4/h6-7,12-14,18H,5,8-11H2,1-4H3,(H,25,27). The van der Waals surface area contributed by atoms with Crippen LogP contribution in [0.5, 0.6) is 5.75 Å². The molecule has 1 fully saturated rings. The van der Waals surface area contributed by atoms with Crippen LogP contribution in [0.15, 0.2) is 39.7 Å². The highest BCUT2D eigenvalue weighted by Gasteiger charge is 2.32. The predicted molar refractivity (Wildman–Crippen MR) is 126 cm³/mol. The minimum absolute atomic E-state index is 0.0533. The van der Waals surface area contributed by atoms with Crippen LogP contribution in [0.2, 0.25) is 0 Å². The first-order valence-electron chi connectivity index (χ1n) is 10.4. The van der Waals surface area contributed by atoms with Crippen LogP contribution in [0.25, 0.3) is 0 Å². The van der Waals surface area contributed by atoms with Crippen molar-refractivity contribution in [1.82, 2.24) is 4.31 Å². The van der Waals surface area contributed by atoms with E-state index in [0.717, 1.165) is 26.9 Å². The Hall–Kier alpha value is -1.90. The van der Waals surface area contributed by atoms with Crippen molar-refractivity contribution in [3.05, 3.63) is 51.5 Å². The Morgan fingerprint density at radius 1 is 1.10 bits per heavy atom. The van der Waals surface area contributed by atoms with Gasteiger partial charge < -0.3 is 10.1 Å². The molecule has 8 heteroatoms. The van der Waals surface area contributed by atoms with Gasteiger partial charge in [0.25, 0.3) is 0 Å². The van der Waals surface area contributed by atoms with Gasteiger partial charge in [-0.05, 0) is 87.6 Å². The van der Waals surface area contributed by atoms with E-state index in [4.69, 9.17) is 4.74 Å². The summed E-state index contributed by atoms with van der Waals surface area (Å²) in [5.41, 5.74) is 3.60. The lowest BCUT2D eigenvalue weighted by Crippen LogP contribution is -2.41. The molecular formula is C23H29BrN2O4S. The fourth-order valence-electron chi connectivity index (χ4n) is 3.94. The number of aryl methyl sites for hydroxylation is 3. The number of nitrogens with zero attached hydrogens (tertiary/aromatic N) is 1. The summed E-state index contributed by atoms with van der Waals surface area (Å²) in [6, 6.07) is 8.88. The number of amides is 1. The Balaban J connectivity index is 1.66. The van der Waals surface area contributed by atoms with Gasteiger partial charge in [-0.2, -0.15) is 4.31 Å². The van der Waals surface area contributed by atoms with Gasteiger partial charge in [-0.3, -0.25) is 4.79 Å². The third-order valence-corrected chi connectivity index (χ3v) is 8.01. The maximum Gasteiger partial charge on any atom is 0.243 e. The van der Waals surface area contributed by atoms with Crippen molar-refractivity contribution in [2.75, 3.05) is 25.0 Å². The molecule has 0 saturated carbocycles. The van der Waals surface area contributed by atoms with Crippen LogP contribution in [0, 0.1) is 26.7 Å². The second-order valence-electron chi connectivity index (χ2n) is 7.94. The summed E-state index contributed by atoms with van der Waals surface area (Å²) in [5, 5.41) is 3.04. The zero-order valence-corrected chi connectivity index (χ0v) is 20.8. The first-order chi connectivity index (χ1) is 14.6. The molecule has 2 aromatic rings. The number of carbonyl (C=O) groups excluding carboxylic acids is 1. The van der Waals surface area contributed by atoms with Crippen LogP contribution in [0.1, 0.15) is 36.5 Å². The second kappa shape index (κ2) is 9.71. The Morgan fingerprint density at radius 2 is 1.71 bits per heavy atom. The molecule has 1 aliphatic rings. The molecule has 2 aromatic carbocycles. The molecule has 0 bridgehead atoms. The number of ether oxygens (including phenoxy) is 1. The summed E-state index contributed by atoms with van der Waals surface area (Å²) in [5.74, 6) is 0.425. The topological polar surface area (TPSA) is 75.7 Å². The van der Waals surface area contributed by atoms with E-state index in [9.17, 15) is 13.2 Å². The van der Waals surface area contributed by atoms with Crippen molar-refractivity contribution in [1.29, 1.82) is 0 Å². The molecule has 0 spiro atoms. The Labute approximate surface area is 193 Å². The van der Waals surface area contributed by atoms with Gasteiger partial charge in [0.1, 0.15) is 5.75 Å². The number of hydrogen-bond donors (Lipinski definition) is 1. The Morgan fingerprint density at radius 3 is 2.26 bits per heavy atom. The summed E-state index contributed by atoms with van der Waals surface area (Å²) < 4.78 is 34.1. The highest BCUT2D eigenvalue weighted by atomic mass is 79.9. The van der Waals surface area contributed by atoms with Gasteiger partial charge in [0.2, 0.25) is 15.9 Å². The van der Waals surface area contributed by atoms with E-state index < -0.39 is 10.0 Å².